The van der Waals surface area contributed by atoms with Crippen molar-refractivity contribution in [3.8, 4) is 0 Å². The average Bonchev–Trinajstić information content (AvgIpc) is 3.58. The first-order valence-corrected chi connectivity index (χ1v) is 16.4. The summed E-state index contributed by atoms with van der Waals surface area (Å²) in [5.74, 6) is -2.23. The van der Waals surface area contributed by atoms with Crippen LogP contribution in [0.3, 0.4) is 0 Å². The number of para-hydroxylation sites is 1. The molecule has 3 heterocycles. The normalized spacial score (nSPS) is 27.6. The molecule has 5 rings (SSSR count). The van der Waals surface area contributed by atoms with E-state index in [2.05, 4.69) is 13.2 Å². The van der Waals surface area contributed by atoms with Gasteiger partial charge in [0, 0.05) is 17.0 Å². The van der Waals surface area contributed by atoms with Crippen LogP contribution in [-0.2, 0) is 25.5 Å². The Labute approximate surface area is 265 Å². The molecule has 1 spiro atoms. The second-order valence-electron chi connectivity index (χ2n) is 12.6. The first kappa shape index (κ1) is 32.0. The Bertz CT molecular complexity index is 1410. The number of amides is 2. The molecule has 2 aromatic rings. The molecule has 44 heavy (non-hydrogen) atoms. The number of aryl methyl sites for hydroxylation is 2. The Morgan fingerprint density at radius 1 is 1.11 bits per heavy atom. The van der Waals surface area contributed by atoms with Crippen LogP contribution in [0.15, 0.2) is 73.8 Å². The summed E-state index contributed by atoms with van der Waals surface area (Å²) in [4.78, 5) is 47.0. The molecule has 3 aliphatic rings. The summed E-state index contributed by atoms with van der Waals surface area (Å²) in [6.07, 6.45) is 6.60. The van der Waals surface area contributed by atoms with E-state index < -0.39 is 33.4 Å². The summed E-state index contributed by atoms with van der Waals surface area (Å²) in [5, 5.41) is 10.8. The Balaban J connectivity index is 1.61. The minimum atomic E-state index is -0.870. The van der Waals surface area contributed by atoms with E-state index >= 15 is 4.79 Å². The van der Waals surface area contributed by atoms with Crippen molar-refractivity contribution < 1.29 is 24.2 Å². The van der Waals surface area contributed by atoms with Gasteiger partial charge in [0.2, 0.25) is 5.91 Å². The predicted molar refractivity (Wildman–Crippen MR) is 175 cm³/mol. The molecule has 6 atom stereocenters. The lowest BCUT2D eigenvalue weighted by Crippen LogP contribution is -2.58. The zero-order valence-electron chi connectivity index (χ0n) is 26.0. The summed E-state index contributed by atoms with van der Waals surface area (Å²) >= 11 is 1.61. The fourth-order valence-electron chi connectivity index (χ4n) is 7.82. The predicted octanol–water partition coefficient (Wildman–Crippen LogP) is 5.42. The van der Waals surface area contributed by atoms with Crippen LogP contribution in [0.2, 0.25) is 0 Å². The Morgan fingerprint density at radius 2 is 1.82 bits per heavy atom. The number of rotatable bonds is 13. The number of fused-ring (bicyclic) bond motifs is 1. The fourth-order valence-corrected chi connectivity index (χ4v) is 10.1. The van der Waals surface area contributed by atoms with E-state index in [1.165, 1.54) is 0 Å². The fraction of sp³-hybridized carbons (Fsp3) is 0.472. The molecule has 3 saturated heterocycles. The van der Waals surface area contributed by atoms with E-state index in [0.29, 0.717) is 25.7 Å². The van der Waals surface area contributed by atoms with Crippen molar-refractivity contribution in [1.82, 2.24) is 4.90 Å². The van der Waals surface area contributed by atoms with E-state index in [1.54, 1.807) is 33.7 Å². The second kappa shape index (κ2) is 12.9. The van der Waals surface area contributed by atoms with E-state index in [0.717, 1.165) is 28.8 Å². The maximum absolute atomic E-state index is 15.1. The third kappa shape index (κ3) is 5.40. The Kier molecular flexibility index (Phi) is 9.42. The quantitative estimate of drug-likeness (QED) is 0.184. The van der Waals surface area contributed by atoms with Crippen LogP contribution in [0.5, 0.6) is 0 Å². The molecule has 2 aromatic carbocycles. The number of thioether (sulfide) groups is 1. The molecule has 0 radical (unpaired) electrons. The molecule has 234 valence electrons. The largest absolute Gasteiger partial charge is 0.465 e. The lowest BCUT2D eigenvalue weighted by molar-refractivity contribution is -0.156. The highest BCUT2D eigenvalue weighted by atomic mass is 32.2. The summed E-state index contributed by atoms with van der Waals surface area (Å²) in [6.45, 7) is 13.9. The molecule has 7 nitrogen and oxygen atoms in total. The van der Waals surface area contributed by atoms with Gasteiger partial charge in [0.05, 0.1) is 35.8 Å². The third-order valence-corrected chi connectivity index (χ3v) is 11.7. The molecular weight excluding hydrogens is 572 g/mol. The van der Waals surface area contributed by atoms with Crippen LogP contribution in [0.4, 0.5) is 5.69 Å². The number of esters is 1. The van der Waals surface area contributed by atoms with Crippen LogP contribution in [0.25, 0.3) is 0 Å². The average molecular weight is 617 g/mol. The molecule has 1 N–H and O–H groups in total. The number of hydrogen-bond acceptors (Lipinski definition) is 6. The zero-order chi connectivity index (χ0) is 31.6. The summed E-state index contributed by atoms with van der Waals surface area (Å²) in [6, 6.07) is 14.1. The summed E-state index contributed by atoms with van der Waals surface area (Å²) in [5.41, 5.74) is 3.66. The minimum absolute atomic E-state index is 0.207. The van der Waals surface area contributed by atoms with Gasteiger partial charge in [-0.25, -0.2) is 0 Å². The third-order valence-electron chi connectivity index (χ3n) is 9.70. The first-order valence-electron chi connectivity index (χ1n) is 15.6. The van der Waals surface area contributed by atoms with Crippen LogP contribution < -0.4 is 4.90 Å². The summed E-state index contributed by atoms with van der Waals surface area (Å²) in [7, 11) is 0. The molecule has 3 aliphatic heterocycles. The van der Waals surface area contributed by atoms with Crippen LogP contribution in [0, 0.1) is 25.7 Å². The molecule has 8 heteroatoms. The van der Waals surface area contributed by atoms with E-state index in [9.17, 15) is 14.7 Å². The monoisotopic (exact) mass is 616 g/mol. The number of ether oxygens (including phenoxy) is 1. The molecule has 2 unspecified atom stereocenters. The van der Waals surface area contributed by atoms with Gasteiger partial charge in [-0.05, 0) is 69.6 Å². The van der Waals surface area contributed by atoms with Gasteiger partial charge in [0.1, 0.15) is 6.04 Å². The number of aliphatic hydroxyl groups excluding tert-OH is 1. The highest BCUT2D eigenvalue weighted by Crippen LogP contribution is 2.72. The standard InChI is InChI=1S/C36H44N2O5S/c1-6-8-12-21-43-34(42)29-28-32(40)38(27(23-39)22-26-16-10-9-11-17-26)31(36(28)19-18-35(29,5)44-36)33(41)37(20-7-2)30-24(3)14-13-15-25(30)4/h6-7,9-11,13-17,27-29,31,39H,1-2,8,12,18-23H2,3-5H3/t27-,28+,29+,31?,35-,36?/m1/s1. The van der Waals surface area contributed by atoms with Gasteiger partial charge in [-0.3, -0.25) is 14.4 Å². The molecule has 2 bridgehead atoms. The number of nitrogens with zero attached hydrogens (tertiary/aromatic N) is 2. The van der Waals surface area contributed by atoms with E-state index in [4.69, 9.17) is 4.74 Å². The van der Waals surface area contributed by atoms with Crippen molar-refractivity contribution in [1.29, 1.82) is 0 Å². The van der Waals surface area contributed by atoms with Crippen molar-refractivity contribution in [3.63, 3.8) is 0 Å². The van der Waals surface area contributed by atoms with Crippen molar-refractivity contribution in [2.45, 2.75) is 74.5 Å². The number of hydrogen-bond donors (Lipinski definition) is 1. The number of carbonyl (C=O) groups excluding carboxylic acids is 3. The van der Waals surface area contributed by atoms with Crippen molar-refractivity contribution in [2.24, 2.45) is 11.8 Å². The molecule has 2 amide bonds. The van der Waals surface area contributed by atoms with Gasteiger partial charge in [-0.15, -0.1) is 24.9 Å². The SMILES string of the molecule is C=CCCCOC(=O)[C@@H]1[C@H]2C(=O)N([C@@H](CO)Cc3ccccc3)C(C(=O)N(CC=C)c3c(C)cccc3C)C23CC[C@@]1(C)S3. The lowest BCUT2D eigenvalue weighted by Gasteiger charge is -2.40. The number of unbranched alkanes of at least 4 members (excludes halogenated alkanes) is 1. The van der Waals surface area contributed by atoms with Crippen LogP contribution in [-0.4, -0.2) is 69.1 Å². The Morgan fingerprint density at radius 3 is 2.45 bits per heavy atom. The van der Waals surface area contributed by atoms with Gasteiger partial charge in [-0.1, -0.05) is 60.7 Å². The van der Waals surface area contributed by atoms with Crippen LogP contribution >= 0.6 is 11.8 Å². The smallest absolute Gasteiger partial charge is 0.311 e. The highest BCUT2D eigenvalue weighted by molar-refractivity contribution is 8.02. The number of anilines is 1. The van der Waals surface area contributed by atoms with Crippen molar-refractivity contribution in [3.05, 3.63) is 90.5 Å². The van der Waals surface area contributed by atoms with E-state index in [1.807, 2.05) is 69.3 Å². The van der Waals surface area contributed by atoms with Crippen molar-refractivity contribution in [2.75, 3.05) is 24.7 Å². The number of allylic oxidation sites excluding steroid dienone is 1. The number of carbonyl (C=O) groups is 3. The van der Waals surface area contributed by atoms with Gasteiger partial charge in [-0.2, -0.15) is 0 Å². The number of aliphatic hydroxyl groups is 1. The molecule has 0 aliphatic carbocycles. The van der Waals surface area contributed by atoms with Gasteiger partial charge in [0.25, 0.3) is 5.91 Å². The summed E-state index contributed by atoms with van der Waals surface area (Å²) < 4.78 is 4.41. The second-order valence-corrected chi connectivity index (χ2v) is 14.5. The minimum Gasteiger partial charge on any atom is -0.465 e. The van der Waals surface area contributed by atoms with Gasteiger partial charge in [0.15, 0.2) is 0 Å². The van der Waals surface area contributed by atoms with Crippen molar-refractivity contribution >= 4 is 35.2 Å². The highest BCUT2D eigenvalue weighted by Gasteiger charge is 2.78. The van der Waals surface area contributed by atoms with Crippen LogP contribution in [0.1, 0.15) is 49.3 Å². The maximum Gasteiger partial charge on any atom is 0.311 e. The number of benzene rings is 2. The van der Waals surface area contributed by atoms with E-state index in [-0.39, 0.29) is 37.5 Å². The number of likely N-dealkylation sites (tertiary alicyclic amines) is 1. The molecule has 0 aromatic heterocycles. The topological polar surface area (TPSA) is 87.1 Å². The first-order chi connectivity index (χ1) is 21.1. The lowest BCUT2D eigenvalue weighted by atomic mass is 9.66. The molecule has 0 saturated carbocycles. The van der Waals surface area contributed by atoms with Gasteiger partial charge >= 0.3 is 5.97 Å². The molecular formula is C36H44N2O5S. The van der Waals surface area contributed by atoms with Gasteiger partial charge < -0.3 is 19.6 Å². The molecule has 3 fully saturated rings. The maximum atomic E-state index is 15.1. The zero-order valence-corrected chi connectivity index (χ0v) is 26.9. The Hall–Kier alpha value is -3.36.